The highest BCUT2D eigenvalue weighted by molar-refractivity contribution is 5.01. The lowest BCUT2D eigenvalue weighted by molar-refractivity contribution is 0.108. The van der Waals surface area contributed by atoms with Crippen LogP contribution >= 0.6 is 0 Å². The van der Waals surface area contributed by atoms with Gasteiger partial charge in [0.25, 0.3) is 0 Å². The summed E-state index contributed by atoms with van der Waals surface area (Å²) >= 11 is 0. The molecule has 4 rings (SSSR count). The summed E-state index contributed by atoms with van der Waals surface area (Å²) in [6.07, 6.45) is 9.09. The van der Waals surface area contributed by atoms with E-state index in [1.807, 2.05) is 0 Å². The summed E-state index contributed by atoms with van der Waals surface area (Å²) in [6, 6.07) is 1.83. The van der Waals surface area contributed by atoms with Gasteiger partial charge in [-0.1, -0.05) is 0 Å². The molecule has 3 aliphatic carbocycles. The largest absolute Gasteiger partial charge is 0.311 e. The van der Waals surface area contributed by atoms with E-state index in [0.29, 0.717) is 0 Å². The second kappa shape index (κ2) is 3.71. The van der Waals surface area contributed by atoms with Crippen LogP contribution in [0, 0.1) is 17.8 Å². The van der Waals surface area contributed by atoms with Gasteiger partial charge in [-0.15, -0.1) is 0 Å². The molecule has 1 unspecified atom stereocenters. The Morgan fingerprint density at radius 1 is 0.938 bits per heavy atom. The fourth-order valence-corrected chi connectivity index (χ4v) is 3.74. The number of rotatable bonds is 4. The van der Waals surface area contributed by atoms with E-state index in [9.17, 15) is 0 Å². The van der Waals surface area contributed by atoms with E-state index in [0.717, 1.165) is 29.8 Å². The fourth-order valence-electron chi connectivity index (χ4n) is 3.74. The molecule has 1 saturated heterocycles. The van der Waals surface area contributed by atoms with Gasteiger partial charge >= 0.3 is 0 Å². The lowest BCUT2D eigenvalue weighted by Crippen LogP contribution is -2.55. The first-order chi connectivity index (χ1) is 7.92. The second-order valence-corrected chi connectivity index (χ2v) is 6.56. The maximum Gasteiger partial charge on any atom is 0.0223 e. The molecular weight excluding hydrogens is 196 g/mol. The first kappa shape index (κ1) is 9.90. The Morgan fingerprint density at radius 2 is 1.62 bits per heavy atom. The smallest absolute Gasteiger partial charge is 0.0223 e. The summed E-state index contributed by atoms with van der Waals surface area (Å²) in [5, 5.41) is 3.74. The van der Waals surface area contributed by atoms with E-state index in [1.165, 1.54) is 58.2 Å². The van der Waals surface area contributed by atoms with Gasteiger partial charge in [-0.05, 0) is 56.3 Å². The summed E-state index contributed by atoms with van der Waals surface area (Å²) in [6.45, 7) is 3.93. The minimum atomic E-state index is 0.841. The average Bonchev–Trinajstić information content (AvgIpc) is 3.16. The average molecular weight is 220 g/mol. The van der Waals surface area contributed by atoms with Gasteiger partial charge in [0.1, 0.15) is 0 Å². The number of hydrogen-bond donors (Lipinski definition) is 1. The summed E-state index contributed by atoms with van der Waals surface area (Å²) in [7, 11) is 0. The maximum atomic E-state index is 3.74. The molecule has 0 bridgehead atoms. The van der Waals surface area contributed by atoms with Crippen LogP contribution in [0.25, 0.3) is 0 Å². The van der Waals surface area contributed by atoms with Crippen LogP contribution in [0.3, 0.4) is 0 Å². The van der Waals surface area contributed by atoms with Crippen LogP contribution in [-0.4, -0.2) is 36.6 Å². The van der Waals surface area contributed by atoms with Crippen molar-refractivity contribution in [3.05, 3.63) is 0 Å². The fraction of sp³-hybridized carbons (Fsp3) is 1.00. The van der Waals surface area contributed by atoms with Gasteiger partial charge < -0.3 is 5.32 Å². The molecule has 2 heteroatoms. The van der Waals surface area contributed by atoms with Crippen molar-refractivity contribution >= 4 is 0 Å². The van der Waals surface area contributed by atoms with Gasteiger partial charge in [-0.25, -0.2) is 0 Å². The van der Waals surface area contributed by atoms with E-state index in [4.69, 9.17) is 0 Å². The minimum Gasteiger partial charge on any atom is -0.311 e. The molecule has 0 aromatic heterocycles. The molecule has 1 N–H and O–H groups in total. The zero-order valence-electron chi connectivity index (χ0n) is 10.2. The summed E-state index contributed by atoms with van der Waals surface area (Å²) in [5.74, 6) is 3.21. The number of nitrogens with one attached hydrogen (secondary N) is 1. The normalized spacial score (nSPS) is 36.9. The zero-order chi connectivity index (χ0) is 10.5. The molecule has 1 aliphatic heterocycles. The van der Waals surface area contributed by atoms with Crippen LogP contribution in [0.4, 0.5) is 0 Å². The zero-order valence-corrected chi connectivity index (χ0v) is 10.2. The van der Waals surface area contributed by atoms with Gasteiger partial charge in [-0.2, -0.15) is 0 Å². The molecule has 3 saturated carbocycles. The van der Waals surface area contributed by atoms with Crippen LogP contribution in [0.15, 0.2) is 0 Å². The van der Waals surface area contributed by atoms with Crippen molar-refractivity contribution < 1.29 is 0 Å². The van der Waals surface area contributed by atoms with Crippen LogP contribution < -0.4 is 5.32 Å². The van der Waals surface area contributed by atoms with E-state index < -0.39 is 0 Å². The molecule has 4 aliphatic rings. The molecule has 0 spiro atoms. The summed E-state index contributed by atoms with van der Waals surface area (Å²) in [4.78, 5) is 2.87. The van der Waals surface area contributed by atoms with Gasteiger partial charge in [-0.3, -0.25) is 4.90 Å². The monoisotopic (exact) mass is 220 g/mol. The standard InChI is InChI=1S/C14H24N2/c1-2-10(1)13-9-16(8-7-15-13)14(11-3-4-11)12-5-6-12/h10-15H,1-9H2. The van der Waals surface area contributed by atoms with Gasteiger partial charge in [0.2, 0.25) is 0 Å². The molecule has 0 radical (unpaired) electrons. The van der Waals surface area contributed by atoms with Crippen LogP contribution in [0.1, 0.15) is 38.5 Å². The predicted molar refractivity (Wildman–Crippen MR) is 65.3 cm³/mol. The van der Waals surface area contributed by atoms with Gasteiger partial charge in [0.05, 0.1) is 0 Å². The molecule has 1 heterocycles. The second-order valence-electron chi connectivity index (χ2n) is 6.56. The molecule has 1 atom stereocenters. The molecule has 16 heavy (non-hydrogen) atoms. The Hall–Kier alpha value is -0.0800. The summed E-state index contributed by atoms with van der Waals surface area (Å²) < 4.78 is 0. The lowest BCUT2D eigenvalue weighted by atomic mass is 10.0. The Balaban J connectivity index is 1.43. The number of nitrogens with zero attached hydrogens (tertiary/aromatic N) is 1. The molecular formula is C14H24N2. The van der Waals surface area contributed by atoms with Crippen LogP contribution in [0.5, 0.6) is 0 Å². The number of piperazine rings is 1. The Labute approximate surface area is 98.8 Å². The Bertz CT molecular complexity index is 254. The first-order valence-corrected chi connectivity index (χ1v) is 7.39. The van der Waals surface area contributed by atoms with Gasteiger partial charge in [0, 0.05) is 31.7 Å². The molecule has 4 fully saturated rings. The van der Waals surface area contributed by atoms with Crippen molar-refractivity contribution in [3.8, 4) is 0 Å². The predicted octanol–water partition coefficient (Wildman–Crippen LogP) is 1.86. The highest BCUT2D eigenvalue weighted by atomic mass is 15.2. The molecule has 0 aromatic rings. The van der Waals surface area contributed by atoms with E-state index in [1.54, 1.807) is 0 Å². The van der Waals surface area contributed by atoms with Crippen LogP contribution in [-0.2, 0) is 0 Å². The van der Waals surface area contributed by atoms with Crippen molar-refractivity contribution in [2.75, 3.05) is 19.6 Å². The van der Waals surface area contributed by atoms with Crippen molar-refractivity contribution in [2.45, 2.75) is 50.6 Å². The third kappa shape index (κ3) is 1.91. The first-order valence-electron chi connectivity index (χ1n) is 7.39. The minimum absolute atomic E-state index is 0.841. The highest BCUT2D eigenvalue weighted by Crippen LogP contribution is 2.47. The van der Waals surface area contributed by atoms with Crippen molar-refractivity contribution in [1.29, 1.82) is 0 Å². The van der Waals surface area contributed by atoms with Crippen molar-refractivity contribution in [2.24, 2.45) is 17.8 Å². The van der Waals surface area contributed by atoms with Crippen LogP contribution in [0.2, 0.25) is 0 Å². The molecule has 0 amide bonds. The summed E-state index contributed by atoms with van der Waals surface area (Å²) in [5.41, 5.74) is 0. The van der Waals surface area contributed by atoms with Crippen molar-refractivity contribution in [3.63, 3.8) is 0 Å². The van der Waals surface area contributed by atoms with E-state index in [2.05, 4.69) is 10.2 Å². The quantitative estimate of drug-likeness (QED) is 0.778. The SMILES string of the molecule is C1CN(C(C2CC2)C2CC2)CC(C2CC2)N1. The van der Waals surface area contributed by atoms with E-state index >= 15 is 0 Å². The Kier molecular flexibility index (Phi) is 2.29. The topological polar surface area (TPSA) is 15.3 Å². The Morgan fingerprint density at radius 3 is 2.19 bits per heavy atom. The third-order valence-electron chi connectivity index (χ3n) is 5.06. The van der Waals surface area contributed by atoms with E-state index in [-0.39, 0.29) is 0 Å². The molecule has 90 valence electrons. The molecule has 2 nitrogen and oxygen atoms in total. The lowest BCUT2D eigenvalue weighted by Gasteiger charge is -2.39. The molecule has 0 aromatic carbocycles. The highest BCUT2D eigenvalue weighted by Gasteiger charge is 2.46. The van der Waals surface area contributed by atoms with Gasteiger partial charge in [0.15, 0.2) is 0 Å². The third-order valence-corrected chi connectivity index (χ3v) is 5.06. The maximum absolute atomic E-state index is 3.74. The number of hydrogen-bond acceptors (Lipinski definition) is 2. The van der Waals surface area contributed by atoms with Crippen molar-refractivity contribution in [1.82, 2.24) is 10.2 Å².